The third kappa shape index (κ3) is 5.00. The van der Waals surface area contributed by atoms with Crippen molar-refractivity contribution in [2.24, 2.45) is 10.9 Å². The third-order valence-electron chi connectivity index (χ3n) is 3.92. The van der Waals surface area contributed by atoms with E-state index in [0.717, 1.165) is 37.6 Å². The minimum atomic E-state index is -0.141. The molecule has 128 valence electrons. The molecular formula is C18H24N4O2. The predicted molar refractivity (Wildman–Crippen MR) is 95.9 cm³/mol. The summed E-state index contributed by atoms with van der Waals surface area (Å²) >= 11 is 0. The first kappa shape index (κ1) is 17.8. The van der Waals surface area contributed by atoms with Gasteiger partial charge in [0.25, 0.3) is 0 Å². The van der Waals surface area contributed by atoms with Gasteiger partial charge in [-0.05, 0) is 24.6 Å². The van der Waals surface area contributed by atoms with Crippen molar-refractivity contribution in [3.8, 4) is 12.3 Å². The van der Waals surface area contributed by atoms with E-state index in [1.165, 1.54) is 0 Å². The second kappa shape index (κ2) is 8.94. The number of ether oxygens (including phenoxy) is 1. The van der Waals surface area contributed by atoms with Gasteiger partial charge in [-0.25, -0.2) is 0 Å². The van der Waals surface area contributed by atoms with Crippen LogP contribution in [-0.4, -0.2) is 57.2 Å². The Labute approximate surface area is 143 Å². The molecule has 24 heavy (non-hydrogen) atoms. The van der Waals surface area contributed by atoms with E-state index < -0.39 is 0 Å². The fourth-order valence-electron chi connectivity index (χ4n) is 2.78. The van der Waals surface area contributed by atoms with Gasteiger partial charge >= 0.3 is 0 Å². The van der Waals surface area contributed by atoms with Gasteiger partial charge in [0.05, 0.1) is 13.2 Å². The van der Waals surface area contributed by atoms with Crippen molar-refractivity contribution in [1.29, 1.82) is 0 Å². The highest BCUT2D eigenvalue weighted by Crippen LogP contribution is 2.16. The fourth-order valence-corrected chi connectivity index (χ4v) is 2.78. The fraction of sp³-hybridized carbons (Fsp3) is 0.444. The van der Waals surface area contributed by atoms with Gasteiger partial charge in [0.15, 0.2) is 5.96 Å². The zero-order chi connectivity index (χ0) is 17.4. The van der Waals surface area contributed by atoms with E-state index >= 15 is 0 Å². The van der Waals surface area contributed by atoms with Gasteiger partial charge in [-0.1, -0.05) is 12.0 Å². The van der Waals surface area contributed by atoms with Crippen LogP contribution in [0, 0.1) is 18.3 Å². The van der Waals surface area contributed by atoms with Crippen LogP contribution in [0.4, 0.5) is 5.69 Å². The molecule has 0 bridgehead atoms. The Bertz CT molecular complexity index is 636. The topological polar surface area (TPSA) is 66.0 Å². The Morgan fingerprint density at radius 1 is 1.54 bits per heavy atom. The number of guanidine groups is 1. The van der Waals surface area contributed by atoms with Crippen LogP contribution in [-0.2, 0) is 9.53 Å². The number of hydrogen-bond acceptors (Lipinski definition) is 3. The molecule has 2 N–H and O–H groups in total. The first-order valence-electron chi connectivity index (χ1n) is 7.97. The number of likely N-dealkylation sites (tertiary alicyclic amines) is 1. The summed E-state index contributed by atoms with van der Waals surface area (Å²) in [6.45, 7) is 2.71. The van der Waals surface area contributed by atoms with Crippen LogP contribution >= 0.6 is 0 Å². The second-order valence-electron chi connectivity index (χ2n) is 5.73. The van der Waals surface area contributed by atoms with Crippen molar-refractivity contribution >= 4 is 17.6 Å². The summed E-state index contributed by atoms with van der Waals surface area (Å²) in [5.41, 5.74) is 1.42. The summed E-state index contributed by atoms with van der Waals surface area (Å²) in [5.74, 6) is 3.65. The Balaban J connectivity index is 1.83. The van der Waals surface area contributed by atoms with Gasteiger partial charge < -0.3 is 20.3 Å². The standard InChI is InChI=1S/C18H24N4O2/c1-4-14-6-5-7-16(10-14)21-17(23)11-20-18(19-2)22-9-8-15(12-22)13-24-3/h1,5-7,10,15H,8-9,11-13H2,2-3H3,(H,19,20)(H,21,23). The van der Waals surface area contributed by atoms with E-state index in [9.17, 15) is 4.79 Å². The van der Waals surface area contributed by atoms with E-state index in [0.29, 0.717) is 11.6 Å². The number of amides is 1. The Morgan fingerprint density at radius 3 is 3.08 bits per heavy atom. The van der Waals surface area contributed by atoms with Gasteiger partial charge in [-0.15, -0.1) is 6.42 Å². The quantitative estimate of drug-likeness (QED) is 0.483. The number of hydrogen-bond donors (Lipinski definition) is 2. The normalized spacial score (nSPS) is 17.5. The number of nitrogens with zero attached hydrogens (tertiary/aromatic N) is 2. The molecule has 0 saturated carbocycles. The molecule has 0 aliphatic carbocycles. The number of terminal acetylenes is 1. The van der Waals surface area contributed by atoms with Crippen molar-refractivity contribution in [1.82, 2.24) is 10.2 Å². The first-order valence-corrected chi connectivity index (χ1v) is 7.97. The average Bonchev–Trinajstić information content (AvgIpc) is 3.04. The van der Waals surface area contributed by atoms with Crippen molar-refractivity contribution in [3.63, 3.8) is 0 Å². The zero-order valence-corrected chi connectivity index (χ0v) is 14.2. The molecule has 6 nitrogen and oxygen atoms in total. The molecule has 1 heterocycles. The highest BCUT2D eigenvalue weighted by Gasteiger charge is 2.24. The molecule has 1 aromatic rings. The van der Waals surface area contributed by atoms with E-state index in [-0.39, 0.29) is 12.5 Å². The molecule has 1 aliphatic rings. The molecule has 2 rings (SSSR count). The van der Waals surface area contributed by atoms with E-state index in [1.807, 2.05) is 18.2 Å². The Morgan fingerprint density at radius 2 is 2.38 bits per heavy atom. The maximum atomic E-state index is 12.1. The smallest absolute Gasteiger partial charge is 0.243 e. The lowest BCUT2D eigenvalue weighted by molar-refractivity contribution is -0.115. The lowest BCUT2D eigenvalue weighted by atomic mass is 10.1. The van der Waals surface area contributed by atoms with Crippen LogP contribution in [0.2, 0.25) is 0 Å². The molecule has 1 saturated heterocycles. The van der Waals surface area contributed by atoms with Crippen molar-refractivity contribution in [3.05, 3.63) is 29.8 Å². The predicted octanol–water partition coefficient (Wildman–Crippen LogP) is 1.15. The van der Waals surface area contributed by atoms with Crippen LogP contribution in [0.25, 0.3) is 0 Å². The second-order valence-corrected chi connectivity index (χ2v) is 5.73. The highest BCUT2D eigenvalue weighted by molar-refractivity contribution is 5.95. The molecule has 1 fully saturated rings. The van der Waals surface area contributed by atoms with E-state index in [2.05, 4.69) is 26.4 Å². The maximum Gasteiger partial charge on any atom is 0.243 e. The van der Waals surface area contributed by atoms with Gasteiger partial charge in [0.2, 0.25) is 5.91 Å². The number of aliphatic imine (C=N–C) groups is 1. The van der Waals surface area contributed by atoms with E-state index in [1.54, 1.807) is 20.2 Å². The Hall–Kier alpha value is -2.52. The summed E-state index contributed by atoms with van der Waals surface area (Å²) in [6.07, 6.45) is 6.43. The van der Waals surface area contributed by atoms with Crippen molar-refractivity contribution < 1.29 is 9.53 Å². The van der Waals surface area contributed by atoms with E-state index in [4.69, 9.17) is 11.2 Å². The number of anilines is 1. The number of rotatable bonds is 5. The molecule has 0 spiro atoms. The molecule has 1 unspecified atom stereocenters. The first-order chi connectivity index (χ1) is 11.7. The monoisotopic (exact) mass is 328 g/mol. The largest absolute Gasteiger partial charge is 0.384 e. The molecule has 1 aromatic carbocycles. The van der Waals surface area contributed by atoms with Crippen LogP contribution in [0.15, 0.2) is 29.3 Å². The van der Waals surface area contributed by atoms with Crippen LogP contribution in [0.5, 0.6) is 0 Å². The molecule has 1 aliphatic heterocycles. The number of carbonyl (C=O) groups excluding carboxylic acids is 1. The number of benzene rings is 1. The number of methoxy groups -OCH3 is 1. The summed E-state index contributed by atoms with van der Waals surface area (Å²) in [5, 5.41) is 5.93. The molecule has 0 radical (unpaired) electrons. The molecule has 1 atom stereocenters. The minimum Gasteiger partial charge on any atom is -0.384 e. The molecule has 6 heteroatoms. The Kier molecular flexibility index (Phi) is 6.64. The maximum absolute atomic E-state index is 12.1. The summed E-state index contributed by atoms with van der Waals surface area (Å²) in [6, 6.07) is 7.21. The summed E-state index contributed by atoms with van der Waals surface area (Å²) in [7, 11) is 3.44. The average molecular weight is 328 g/mol. The van der Waals surface area contributed by atoms with Crippen LogP contribution in [0.1, 0.15) is 12.0 Å². The number of carbonyl (C=O) groups is 1. The highest BCUT2D eigenvalue weighted by atomic mass is 16.5. The lowest BCUT2D eigenvalue weighted by Gasteiger charge is -2.21. The molecular weight excluding hydrogens is 304 g/mol. The van der Waals surface area contributed by atoms with Crippen molar-refractivity contribution in [2.75, 3.05) is 45.7 Å². The van der Waals surface area contributed by atoms with Gasteiger partial charge in [-0.2, -0.15) is 0 Å². The van der Waals surface area contributed by atoms with Gasteiger partial charge in [-0.3, -0.25) is 9.79 Å². The third-order valence-corrected chi connectivity index (χ3v) is 3.92. The SMILES string of the molecule is C#Cc1cccc(NC(=O)CNC(=NC)N2CCC(COC)C2)c1. The lowest BCUT2D eigenvalue weighted by Crippen LogP contribution is -2.43. The van der Waals surface area contributed by atoms with Gasteiger partial charge in [0.1, 0.15) is 0 Å². The number of nitrogens with one attached hydrogen (secondary N) is 2. The molecule has 1 amide bonds. The zero-order valence-electron chi connectivity index (χ0n) is 14.2. The minimum absolute atomic E-state index is 0.141. The summed E-state index contributed by atoms with van der Waals surface area (Å²) < 4.78 is 5.21. The van der Waals surface area contributed by atoms with Crippen LogP contribution < -0.4 is 10.6 Å². The van der Waals surface area contributed by atoms with Crippen LogP contribution in [0.3, 0.4) is 0 Å². The summed E-state index contributed by atoms with van der Waals surface area (Å²) in [4.78, 5) is 18.5. The molecule has 0 aromatic heterocycles. The van der Waals surface area contributed by atoms with Gasteiger partial charge in [0, 0.05) is 44.4 Å². The van der Waals surface area contributed by atoms with Crippen molar-refractivity contribution in [2.45, 2.75) is 6.42 Å².